The second-order valence-electron chi connectivity index (χ2n) is 3.48. The van der Waals surface area contributed by atoms with E-state index in [1.54, 1.807) is 0 Å². The third-order valence-corrected chi connectivity index (χ3v) is 2.29. The molecule has 0 aromatic carbocycles. The fraction of sp³-hybridized carbons (Fsp3) is 0.900. The first-order valence-electron chi connectivity index (χ1n) is 4.96. The zero-order valence-electron chi connectivity index (χ0n) is 7.84. The Bertz CT molecular complexity index is 143. The average Bonchev–Trinajstić information content (AvgIpc) is 2.05. The van der Waals surface area contributed by atoms with Gasteiger partial charge < -0.3 is 4.74 Å². The Kier molecular flexibility index (Phi) is 4.30. The summed E-state index contributed by atoms with van der Waals surface area (Å²) in [6, 6.07) is 0. The second kappa shape index (κ2) is 5.31. The van der Waals surface area contributed by atoms with Crippen molar-refractivity contribution in [3.63, 3.8) is 0 Å². The van der Waals surface area contributed by atoms with Crippen LogP contribution in [0.4, 0.5) is 0 Å². The van der Waals surface area contributed by atoms with Crippen LogP contribution in [0, 0.1) is 0 Å². The minimum atomic E-state index is 0.234. The van der Waals surface area contributed by atoms with Gasteiger partial charge in [0.2, 0.25) is 0 Å². The molecule has 1 saturated carbocycles. The summed E-state index contributed by atoms with van der Waals surface area (Å²) in [4.78, 5) is 11.0. The molecule has 0 bridgehead atoms. The number of ether oxygens (including phenoxy) is 1. The van der Waals surface area contributed by atoms with Gasteiger partial charge in [0, 0.05) is 19.4 Å². The molecule has 0 spiro atoms. The molecular weight excluding hydrogens is 152 g/mol. The van der Waals surface area contributed by atoms with Crippen molar-refractivity contribution in [2.24, 2.45) is 0 Å². The molecule has 70 valence electrons. The van der Waals surface area contributed by atoms with Crippen LogP contribution in [0.1, 0.15) is 45.4 Å². The SMILES string of the molecule is CCCCOC1CCCC(=O)C1. The quantitative estimate of drug-likeness (QED) is 0.605. The van der Waals surface area contributed by atoms with Crippen molar-refractivity contribution < 1.29 is 9.53 Å². The number of carbonyl (C=O) groups excluding carboxylic acids is 1. The van der Waals surface area contributed by atoms with Gasteiger partial charge in [-0.3, -0.25) is 4.79 Å². The summed E-state index contributed by atoms with van der Waals surface area (Å²) in [6.45, 7) is 2.98. The highest BCUT2D eigenvalue weighted by Gasteiger charge is 2.19. The molecule has 12 heavy (non-hydrogen) atoms. The van der Waals surface area contributed by atoms with Gasteiger partial charge in [0.25, 0.3) is 0 Å². The molecule has 0 aliphatic heterocycles. The van der Waals surface area contributed by atoms with Crippen LogP contribution in [0.3, 0.4) is 0 Å². The fourth-order valence-corrected chi connectivity index (χ4v) is 1.52. The molecule has 0 radical (unpaired) electrons. The minimum Gasteiger partial charge on any atom is -0.378 e. The number of hydrogen-bond donors (Lipinski definition) is 0. The summed E-state index contributed by atoms with van der Waals surface area (Å²) < 4.78 is 5.57. The van der Waals surface area contributed by atoms with E-state index in [0.717, 1.165) is 32.3 Å². The molecule has 0 aromatic heterocycles. The number of rotatable bonds is 4. The molecule has 1 aliphatic rings. The standard InChI is InChI=1S/C10H18O2/c1-2-3-7-12-10-6-4-5-9(11)8-10/h10H,2-8H2,1H3. The lowest BCUT2D eigenvalue weighted by Gasteiger charge is -2.20. The molecule has 1 atom stereocenters. The van der Waals surface area contributed by atoms with E-state index in [-0.39, 0.29) is 6.10 Å². The maximum atomic E-state index is 11.0. The maximum Gasteiger partial charge on any atom is 0.135 e. The van der Waals surface area contributed by atoms with Crippen LogP contribution >= 0.6 is 0 Å². The monoisotopic (exact) mass is 170 g/mol. The van der Waals surface area contributed by atoms with Crippen molar-refractivity contribution in [2.45, 2.75) is 51.6 Å². The van der Waals surface area contributed by atoms with Gasteiger partial charge in [-0.1, -0.05) is 13.3 Å². The zero-order chi connectivity index (χ0) is 8.81. The molecular formula is C10H18O2. The molecule has 0 amide bonds. The summed E-state index contributed by atoms with van der Waals surface area (Å²) in [5, 5.41) is 0. The molecule has 2 nitrogen and oxygen atoms in total. The van der Waals surface area contributed by atoms with E-state index in [1.165, 1.54) is 6.42 Å². The Hall–Kier alpha value is -0.370. The predicted molar refractivity (Wildman–Crippen MR) is 48.1 cm³/mol. The van der Waals surface area contributed by atoms with Crippen LogP contribution in [0.2, 0.25) is 0 Å². The summed E-state index contributed by atoms with van der Waals surface area (Å²) in [5.41, 5.74) is 0. The molecule has 1 aliphatic carbocycles. The number of carbonyl (C=O) groups is 1. The predicted octanol–water partition coefficient (Wildman–Crippen LogP) is 2.31. The summed E-state index contributed by atoms with van der Waals surface area (Å²) in [6.07, 6.45) is 6.05. The van der Waals surface area contributed by atoms with Crippen molar-refractivity contribution >= 4 is 5.78 Å². The highest BCUT2D eigenvalue weighted by Crippen LogP contribution is 2.17. The van der Waals surface area contributed by atoms with Gasteiger partial charge in [0.05, 0.1) is 6.10 Å². The first-order chi connectivity index (χ1) is 5.83. The van der Waals surface area contributed by atoms with E-state index in [1.807, 2.05) is 0 Å². The molecule has 0 saturated heterocycles. The van der Waals surface area contributed by atoms with Crippen LogP contribution < -0.4 is 0 Å². The van der Waals surface area contributed by atoms with Gasteiger partial charge in [-0.2, -0.15) is 0 Å². The maximum absolute atomic E-state index is 11.0. The van der Waals surface area contributed by atoms with Crippen LogP contribution in [0.5, 0.6) is 0 Å². The Morgan fingerprint density at radius 1 is 1.58 bits per heavy atom. The minimum absolute atomic E-state index is 0.234. The van der Waals surface area contributed by atoms with Crippen molar-refractivity contribution in [2.75, 3.05) is 6.61 Å². The molecule has 0 aromatic rings. The summed E-state index contributed by atoms with van der Waals surface area (Å²) in [7, 11) is 0. The van der Waals surface area contributed by atoms with Gasteiger partial charge >= 0.3 is 0 Å². The van der Waals surface area contributed by atoms with Crippen LogP contribution in [-0.2, 0) is 9.53 Å². The lowest BCUT2D eigenvalue weighted by molar-refractivity contribution is -0.124. The van der Waals surface area contributed by atoms with Crippen LogP contribution in [0.25, 0.3) is 0 Å². The number of hydrogen-bond acceptors (Lipinski definition) is 2. The van der Waals surface area contributed by atoms with E-state index >= 15 is 0 Å². The second-order valence-corrected chi connectivity index (χ2v) is 3.48. The third kappa shape index (κ3) is 3.35. The lowest BCUT2D eigenvalue weighted by Crippen LogP contribution is -2.23. The smallest absolute Gasteiger partial charge is 0.135 e. The average molecular weight is 170 g/mol. The van der Waals surface area contributed by atoms with E-state index in [2.05, 4.69) is 6.92 Å². The molecule has 0 heterocycles. The Morgan fingerprint density at radius 2 is 2.42 bits per heavy atom. The van der Waals surface area contributed by atoms with Gasteiger partial charge in [0.1, 0.15) is 5.78 Å². The van der Waals surface area contributed by atoms with Gasteiger partial charge in [0.15, 0.2) is 0 Å². The third-order valence-electron chi connectivity index (χ3n) is 2.29. The number of Topliss-reactive ketones (excluding diaryl/α,β-unsaturated/α-hetero) is 1. The summed E-state index contributed by atoms with van der Waals surface area (Å²) >= 11 is 0. The van der Waals surface area contributed by atoms with E-state index in [4.69, 9.17) is 4.74 Å². The number of unbranched alkanes of at least 4 members (excludes halogenated alkanes) is 1. The van der Waals surface area contributed by atoms with Crippen molar-refractivity contribution in [1.29, 1.82) is 0 Å². The largest absolute Gasteiger partial charge is 0.378 e. The van der Waals surface area contributed by atoms with Gasteiger partial charge in [-0.15, -0.1) is 0 Å². The van der Waals surface area contributed by atoms with E-state index < -0.39 is 0 Å². The van der Waals surface area contributed by atoms with Crippen molar-refractivity contribution in [3.8, 4) is 0 Å². The first kappa shape index (κ1) is 9.72. The van der Waals surface area contributed by atoms with Crippen molar-refractivity contribution in [3.05, 3.63) is 0 Å². The first-order valence-corrected chi connectivity index (χ1v) is 4.96. The Labute approximate surface area is 74.3 Å². The lowest BCUT2D eigenvalue weighted by atomic mass is 9.96. The molecule has 1 unspecified atom stereocenters. The van der Waals surface area contributed by atoms with E-state index in [9.17, 15) is 4.79 Å². The molecule has 2 heteroatoms. The Balaban J connectivity index is 2.10. The molecule has 1 rings (SSSR count). The molecule has 0 N–H and O–H groups in total. The van der Waals surface area contributed by atoms with E-state index in [0.29, 0.717) is 12.2 Å². The number of ketones is 1. The Morgan fingerprint density at radius 3 is 3.08 bits per heavy atom. The topological polar surface area (TPSA) is 26.3 Å². The highest BCUT2D eigenvalue weighted by molar-refractivity contribution is 5.79. The van der Waals surface area contributed by atoms with Gasteiger partial charge in [-0.05, 0) is 19.3 Å². The molecule has 1 fully saturated rings. The summed E-state index contributed by atoms with van der Waals surface area (Å²) in [5.74, 6) is 0.378. The van der Waals surface area contributed by atoms with Crippen LogP contribution in [-0.4, -0.2) is 18.5 Å². The normalized spacial score (nSPS) is 24.4. The van der Waals surface area contributed by atoms with Crippen molar-refractivity contribution in [1.82, 2.24) is 0 Å². The van der Waals surface area contributed by atoms with Crippen LogP contribution in [0.15, 0.2) is 0 Å². The van der Waals surface area contributed by atoms with Gasteiger partial charge in [-0.25, -0.2) is 0 Å². The highest BCUT2D eigenvalue weighted by atomic mass is 16.5. The zero-order valence-corrected chi connectivity index (χ0v) is 7.84. The fourth-order valence-electron chi connectivity index (χ4n) is 1.52.